The third-order valence-corrected chi connectivity index (χ3v) is 3.25. The SMILES string of the molecule is Nc1cc2cn[nH]c2cc1NCCc1ccc(F)cc1. The molecule has 102 valence electrons. The van der Waals surface area contributed by atoms with Crippen molar-refractivity contribution >= 4 is 22.3 Å². The van der Waals surface area contributed by atoms with Crippen LogP contribution in [-0.4, -0.2) is 16.7 Å². The monoisotopic (exact) mass is 270 g/mol. The summed E-state index contributed by atoms with van der Waals surface area (Å²) in [4.78, 5) is 0. The summed E-state index contributed by atoms with van der Waals surface area (Å²) in [5.41, 5.74) is 9.59. The van der Waals surface area contributed by atoms with Gasteiger partial charge in [0.15, 0.2) is 0 Å². The molecular weight excluding hydrogens is 255 g/mol. The summed E-state index contributed by atoms with van der Waals surface area (Å²) in [6, 6.07) is 10.4. The molecule has 4 N–H and O–H groups in total. The van der Waals surface area contributed by atoms with E-state index in [1.165, 1.54) is 12.1 Å². The Labute approximate surface area is 115 Å². The second kappa shape index (κ2) is 5.21. The second-order valence-electron chi connectivity index (χ2n) is 4.70. The first-order valence-corrected chi connectivity index (χ1v) is 6.43. The van der Waals surface area contributed by atoms with Gasteiger partial charge in [-0.3, -0.25) is 5.10 Å². The molecule has 0 saturated carbocycles. The average molecular weight is 270 g/mol. The van der Waals surface area contributed by atoms with Crippen LogP contribution in [0.1, 0.15) is 5.56 Å². The molecule has 0 aliphatic rings. The fourth-order valence-corrected chi connectivity index (χ4v) is 2.15. The molecule has 4 nitrogen and oxygen atoms in total. The molecule has 0 unspecified atom stereocenters. The predicted molar refractivity (Wildman–Crippen MR) is 79.1 cm³/mol. The minimum absolute atomic E-state index is 0.212. The fourth-order valence-electron chi connectivity index (χ4n) is 2.15. The lowest BCUT2D eigenvalue weighted by Crippen LogP contribution is -2.06. The zero-order valence-electron chi connectivity index (χ0n) is 10.9. The highest BCUT2D eigenvalue weighted by atomic mass is 19.1. The quantitative estimate of drug-likeness (QED) is 0.638. The molecule has 2 aromatic carbocycles. The summed E-state index contributed by atoms with van der Waals surface area (Å²) < 4.78 is 12.8. The van der Waals surface area contributed by atoms with E-state index in [0.29, 0.717) is 5.69 Å². The Balaban J connectivity index is 1.67. The summed E-state index contributed by atoms with van der Waals surface area (Å²) in [5, 5.41) is 11.2. The van der Waals surface area contributed by atoms with Gasteiger partial charge in [0.25, 0.3) is 0 Å². The van der Waals surface area contributed by atoms with Crippen LogP contribution in [0.4, 0.5) is 15.8 Å². The molecule has 20 heavy (non-hydrogen) atoms. The van der Waals surface area contributed by atoms with E-state index in [1.54, 1.807) is 18.3 Å². The van der Waals surface area contributed by atoms with Gasteiger partial charge in [0.2, 0.25) is 0 Å². The van der Waals surface area contributed by atoms with E-state index in [4.69, 9.17) is 5.73 Å². The molecule has 5 heteroatoms. The molecule has 0 atom stereocenters. The maximum atomic E-state index is 12.8. The molecule has 1 heterocycles. The van der Waals surface area contributed by atoms with E-state index >= 15 is 0 Å². The fraction of sp³-hybridized carbons (Fsp3) is 0.133. The van der Waals surface area contributed by atoms with Crippen molar-refractivity contribution in [2.24, 2.45) is 0 Å². The highest BCUT2D eigenvalue weighted by Gasteiger charge is 2.03. The number of nitrogens with two attached hydrogens (primary N) is 1. The van der Waals surface area contributed by atoms with Crippen molar-refractivity contribution in [3.63, 3.8) is 0 Å². The third-order valence-electron chi connectivity index (χ3n) is 3.25. The van der Waals surface area contributed by atoms with Gasteiger partial charge in [0, 0.05) is 11.9 Å². The topological polar surface area (TPSA) is 66.7 Å². The number of benzene rings is 2. The number of fused-ring (bicyclic) bond motifs is 1. The highest BCUT2D eigenvalue weighted by Crippen LogP contribution is 2.24. The van der Waals surface area contributed by atoms with Gasteiger partial charge in [-0.05, 0) is 36.2 Å². The molecule has 0 aliphatic heterocycles. The van der Waals surface area contributed by atoms with Gasteiger partial charge >= 0.3 is 0 Å². The Morgan fingerprint density at radius 3 is 2.80 bits per heavy atom. The molecule has 3 aromatic rings. The first-order valence-electron chi connectivity index (χ1n) is 6.43. The van der Waals surface area contributed by atoms with Crippen LogP contribution >= 0.6 is 0 Å². The molecule has 0 amide bonds. The first kappa shape index (κ1) is 12.5. The molecule has 0 bridgehead atoms. The third kappa shape index (κ3) is 2.56. The number of anilines is 2. The van der Waals surface area contributed by atoms with E-state index in [2.05, 4.69) is 15.5 Å². The van der Waals surface area contributed by atoms with Crippen molar-refractivity contribution in [3.8, 4) is 0 Å². The van der Waals surface area contributed by atoms with Crippen molar-refractivity contribution in [3.05, 3.63) is 54.0 Å². The van der Waals surface area contributed by atoms with Crippen LogP contribution in [-0.2, 0) is 6.42 Å². The van der Waals surface area contributed by atoms with Gasteiger partial charge < -0.3 is 11.1 Å². The van der Waals surface area contributed by atoms with Gasteiger partial charge in [-0.2, -0.15) is 5.10 Å². The smallest absolute Gasteiger partial charge is 0.123 e. The van der Waals surface area contributed by atoms with Crippen LogP contribution in [0.5, 0.6) is 0 Å². The number of H-pyrrole nitrogens is 1. The number of nitrogens with zero attached hydrogens (tertiary/aromatic N) is 1. The molecule has 3 rings (SSSR count). The van der Waals surface area contributed by atoms with E-state index in [0.717, 1.165) is 35.1 Å². The van der Waals surface area contributed by atoms with Gasteiger partial charge in [-0.25, -0.2) is 4.39 Å². The maximum absolute atomic E-state index is 12.8. The number of nitrogens with one attached hydrogen (secondary N) is 2. The molecule has 0 radical (unpaired) electrons. The summed E-state index contributed by atoms with van der Waals surface area (Å²) in [5.74, 6) is -0.212. The molecule has 0 fully saturated rings. The number of hydrogen-bond acceptors (Lipinski definition) is 3. The minimum Gasteiger partial charge on any atom is -0.397 e. The second-order valence-corrected chi connectivity index (χ2v) is 4.70. The van der Waals surface area contributed by atoms with Gasteiger partial charge in [0.1, 0.15) is 5.82 Å². The Bertz CT molecular complexity index is 718. The Morgan fingerprint density at radius 2 is 2.00 bits per heavy atom. The van der Waals surface area contributed by atoms with E-state index in [9.17, 15) is 4.39 Å². The van der Waals surface area contributed by atoms with Crippen molar-refractivity contribution in [2.75, 3.05) is 17.6 Å². The van der Waals surface area contributed by atoms with Crippen LogP contribution in [0, 0.1) is 5.82 Å². The Morgan fingerprint density at radius 1 is 1.20 bits per heavy atom. The maximum Gasteiger partial charge on any atom is 0.123 e. The summed E-state index contributed by atoms with van der Waals surface area (Å²) >= 11 is 0. The number of nitrogen functional groups attached to an aromatic ring is 1. The van der Waals surface area contributed by atoms with E-state index in [-0.39, 0.29) is 5.82 Å². The zero-order valence-corrected chi connectivity index (χ0v) is 10.9. The average Bonchev–Trinajstić information content (AvgIpc) is 2.88. The number of halogens is 1. The number of hydrogen-bond donors (Lipinski definition) is 3. The van der Waals surface area contributed by atoms with Crippen LogP contribution < -0.4 is 11.1 Å². The molecular formula is C15H15FN4. The standard InChI is InChI=1S/C15H15FN4/c16-12-3-1-10(2-4-12)5-6-18-15-8-14-11(7-13(15)17)9-19-20-14/h1-4,7-9,18H,5-6,17H2,(H,19,20). The lowest BCUT2D eigenvalue weighted by atomic mass is 10.1. The summed E-state index contributed by atoms with van der Waals surface area (Å²) in [7, 11) is 0. The minimum atomic E-state index is -0.212. The Hall–Kier alpha value is -2.56. The van der Waals surface area contributed by atoms with Gasteiger partial charge in [0.05, 0.1) is 23.1 Å². The zero-order chi connectivity index (χ0) is 13.9. The normalized spacial score (nSPS) is 10.8. The summed E-state index contributed by atoms with van der Waals surface area (Å²) in [6.45, 7) is 0.732. The summed E-state index contributed by atoms with van der Waals surface area (Å²) in [6.07, 6.45) is 2.55. The van der Waals surface area contributed by atoms with Gasteiger partial charge in [-0.1, -0.05) is 12.1 Å². The molecule has 0 saturated heterocycles. The largest absolute Gasteiger partial charge is 0.397 e. The van der Waals surface area contributed by atoms with E-state index < -0.39 is 0 Å². The molecule has 1 aromatic heterocycles. The van der Waals surface area contributed by atoms with Crippen molar-refractivity contribution in [2.45, 2.75) is 6.42 Å². The van der Waals surface area contributed by atoms with Crippen LogP contribution in [0.15, 0.2) is 42.6 Å². The van der Waals surface area contributed by atoms with E-state index in [1.807, 2.05) is 12.1 Å². The van der Waals surface area contributed by atoms with Crippen LogP contribution in [0.2, 0.25) is 0 Å². The predicted octanol–water partition coefficient (Wildman–Crippen LogP) is 2.94. The van der Waals surface area contributed by atoms with Crippen LogP contribution in [0.3, 0.4) is 0 Å². The number of aromatic amines is 1. The van der Waals surface area contributed by atoms with Gasteiger partial charge in [-0.15, -0.1) is 0 Å². The number of aromatic nitrogens is 2. The Kier molecular flexibility index (Phi) is 3.25. The van der Waals surface area contributed by atoms with Crippen molar-refractivity contribution in [1.29, 1.82) is 0 Å². The lowest BCUT2D eigenvalue weighted by molar-refractivity contribution is 0.627. The first-order chi connectivity index (χ1) is 9.72. The molecule has 0 spiro atoms. The van der Waals surface area contributed by atoms with Crippen molar-refractivity contribution in [1.82, 2.24) is 10.2 Å². The molecule has 0 aliphatic carbocycles. The lowest BCUT2D eigenvalue weighted by Gasteiger charge is -2.09. The van der Waals surface area contributed by atoms with Crippen LogP contribution in [0.25, 0.3) is 10.9 Å². The number of rotatable bonds is 4. The highest BCUT2D eigenvalue weighted by molar-refractivity contribution is 5.88. The van der Waals surface area contributed by atoms with Crippen molar-refractivity contribution < 1.29 is 4.39 Å².